The fourth-order valence-corrected chi connectivity index (χ4v) is 3.12. The van der Waals surface area contributed by atoms with Crippen molar-refractivity contribution in [3.05, 3.63) is 94.3 Å². The number of halogens is 1. The Morgan fingerprint density at radius 2 is 1.76 bits per heavy atom. The van der Waals surface area contributed by atoms with E-state index in [0.717, 1.165) is 5.39 Å². The van der Waals surface area contributed by atoms with E-state index in [1.807, 2.05) is 18.2 Å². The van der Waals surface area contributed by atoms with Gasteiger partial charge in [0.15, 0.2) is 6.61 Å². The second-order valence-corrected chi connectivity index (χ2v) is 6.74. The highest BCUT2D eigenvalue weighted by Crippen LogP contribution is 2.24. The van der Waals surface area contributed by atoms with E-state index in [1.165, 1.54) is 0 Å². The van der Waals surface area contributed by atoms with Crippen LogP contribution in [-0.4, -0.2) is 12.5 Å². The standard InChI is InChI=1S/C23H16ClNO4/c24-19-9-2-4-11-21(19)28-14-22(26)25-17-8-5-7-15(12-17)18-13-16-6-1-3-10-20(16)29-23(18)27/h1-13H,14H2,(H,25,26). The molecule has 0 fully saturated rings. The van der Waals surface area contributed by atoms with E-state index < -0.39 is 5.63 Å². The first-order valence-corrected chi connectivity index (χ1v) is 9.28. The molecule has 0 saturated carbocycles. The normalized spacial score (nSPS) is 10.7. The van der Waals surface area contributed by atoms with Gasteiger partial charge in [-0.15, -0.1) is 0 Å². The Morgan fingerprint density at radius 1 is 0.966 bits per heavy atom. The van der Waals surface area contributed by atoms with E-state index in [2.05, 4.69) is 5.32 Å². The molecule has 6 heteroatoms. The highest BCUT2D eigenvalue weighted by atomic mass is 35.5. The molecule has 5 nitrogen and oxygen atoms in total. The minimum Gasteiger partial charge on any atom is -0.482 e. The molecular formula is C23H16ClNO4. The molecule has 0 radical (unpaired) electrons. The number of benzene rings is 3. The Morgan fingerprint density at radius 3 is 2.62 bits per heavy atom. The minimum atomic E-state index is -0.436. The van der Waals surface area contributed by atoms with E-state index >= 15 is 0 Å². The maximum atomic E-state index is 12.4. The number of carbonyl (C=O) groups is 1. The summed E-state index contributed by atoms with van der Waals surface area (Å²) in [6.45, 7) is -0.188. The smallest absolute Gasteiger partial charge is 0.344 e. The zero-order valence-electron chi connectivity index (χ0n) is 15.2. The Hall–Kier alpha value is -3.57. The van der Waals surface area contributed by atoms with E-state index in [0.29, 0.717) is 33.2 Å². The molecule has 1 heterocycles. The monoisotopic (exact) mass is 405 g/mol. The molecule has 0 saturated heterocycles. The van der Waals surface area contributed by atoms with Crippen molar-refractivity contribution in [1.82, 2.24) is 0 Å². The summed E-state index contributed by atoms with van der Waals surface area (Å²) in [5, 5.41) is 4.02. The summed E-state index contributed by atoms with van der Waals surface area (Å²) >= 11 is 6.02. The van der Waals surface area contributed by atoms with Crippen LogP contribution in [0.4, 0.5) is 5.69 Å². The lowest BCUT2D eigenvalue weighted by Gasteiger charge is -2.10. The van der Waals surface area contributed by atoms with Crippen molar-refractivity contribution in [2.24, 2.45) is 0 Å². The highest BCUT2D eigenvalue weighted by molar-refractivity contribution is 6.32. The predicted octanol–water partition coefficient (Wildman–Crippen LogP) is 5.13. The molecule has 0 aliphatic carbocycles. The molecule has 29 heavy (non-hydrogen) atoms. The number of para-hydroxylation sites is 2. The lowest BCUT2D eigenvalue weighted by atomic mass is 10.1. The first-order chi connectivity index (χ1) is 14.1. The molecule has 0 spiro atoms. The van der Waals surface area contributed by atoms with Gasteiger partial charge in [-0.1, -0.05) is 54.1 Å². The summed E-state index contributed by atoms with van der Waals surface area (Å²) in [4.78, 5) is 24.6. The Bertz CT molecular complexity index is 1250. The van der Waals surface area contributed by atoms with E-state index in [9.17, 15) is 9.59 Å². The quantitative estimate of drug-likeness (QED) is 0.467. The fraction of sp³-hybridized carbons (Fsp3) is 0.0435. The van der Waals surface area contributed by atoms with Gasteiger partial charge in [-0.25, -0.2) is 4.79 Å². The van der Waals surface area contributed by atoms with Gasteiger partial charge in [0.25, 0.3) is 5.91 Å². The van der Waals surface area contributed by atoms with Crippen LogP contribution in [-0.2, 0) is 4.79 Å². The molecule has 1 amide bonds. The molecule has 0 atom stereocenters. The van der Waals surface area contributed by atoms with Crippen molar-refractivity contribution in [3.63, 3.8) is 0 Å². The third kappa shape index (κ3) is 4.31. The lowest BCUT2D eigenvalue weighted by molar-refractivity contribution is -0.118. The van der Waals surface area contributed by atoms with E-state index in [4.69, 9.17) is 20.8 Å². The number of hydrogen-bond donors (Lipinski definition) is 1. The molecule has 144 valence electrons. The summed E-state index contributed by atoms with van der Waals surface area (Å²) in [6, 6.07) is 23.0. The van der Waals surface area contributed by atoms with Gasteiger partial charge >= 0.3 is 5.63 Å². The topological polar surface area (TPSA) is 68.5 Å². The van der Waals surface area contributed by atoms with Gasteiger partial charge in [0.1, 0.15) is 11.3 Å². The van der Waals surface area contributed by atoms with Crippen LogP contribution in [0.5, 0.6) is 5.75 Å². The van der Waals surface area contributed by atoms with Gasteiger partial charge in [-0.3, -0.25) is 4.79 Å². The Kier molecular flexibility index (Phi) is 5.31. The summed E-state index contributed by atoms with van der Waals surface area (Å²) in [7, 11) is 0. The molecule has 4 rings (SSSR count). The van der Waals surface area contributed by atoms with Crippen molar-refractivity contribution in [2.45, 2.75) is 0 Å². The third-order valence-electron chi connectivity index (χ3n) is 4.29. The van der Waals surface area contributed by atoms with Crippen molar-refractivity contribution in [2.75, 3.05) is 11.9 Å². The van der Waals surface area contributed by atoms with Crippen LogP contribution in [0.1, 0.15) is 0 Å². The van der Waals surface area contributed by atoms with E-state index in [1.54, 1.807) is 60.7 Å². The number of nitrogens with one attached hydrogen (secondary N) is 1. The first kappa shape index (κ1) is 18.8. The van der Waals surface area contributed by atoms with E-state index in [-0.39, 0.29) is 12.5 Å². The van der Waals surface area contributed by atoms with Gasteiger partial charge in [0.2, 0.25) is 0 Å². The fourth-order valence-electron chi connectivity index (χ4n) is 2.93. The second kappa shape index (κ2) is 8.20. The number of ether oxygens (including phenoxy) is 1. The summed E-state index contributed by atoms with van der Waals surface area (Å²) in [6.07, 6.45) is 0. The molecule has 0 bridgehead atoms. The number of rotatable bonds is 5. The first-order valence-electron chi connectivity index (χ1n) is 8.91. The average Bonchev–Trinajstić information content (AvgIpc) is 2.73. The number of anilines is 1. The molecule has 4 aromatic rings. The van der Waals surface area contributed by atoms with Crippen LogP contribution in [0.15, 0.2) is 88.1 Å². The van der Waals surface area contributed by atoms with Crippen LogP contribution >= 0.6 is 11.6 Å². The molecule has 3 aromatic carbocycles. The SMILES string of the molecule is O=C(COc1ccccc1Cl)Nc1cccc(-c2cc3ccccc3oc2=O)c1. The van der Waals surface area contributed by atoms with Crippen molar-refractivity contribution >= 4 is 34.2 Å². The third-order valence-corrected chi connectivity index (χ3v) is 4.61. The zero-order chi connectivity index (χ0) is 20.2. The predicted molar refractivity (Wildman–Crippen MR) is 113 cm³/mol. The maximum Gasteiger partial charge on any atom is 0.344 e. The summed E-state index contributed by atoms with van der Waals surface area (Å²) in [5.74, 6) is 0.0967. The van der Waals surface area contributed by atoms with Crippen molar-refractivity contribution in [1.29, 1.82) is 0 Å². The minimum absolute atomic E-state index is 0.188. The average molecular weight is 406 g/mol. The molecule has 0 aliphatic heterocycles. The molecular weight excluding hydrogens is 390 g/mol. The zero-order valence-corrected chi connectivity index (χ0v) is 16.0. The lowest BCUT2D eigenvalue weighted by Crippen LogP contribution is -2.20. The van der Waals surface area contributed by atoms with Crippen LogP contribution in [0, 0.1) is 0 Å². The van der Waals surface area contributed by atoms with Crippen molar-refractivity contribution in [3.8, 4) is 16.9 Å². The van der Waals surface area contributed by atoms with Gasteiger partial charge in [-0.05, 0) is 42.0 Å². The largest absolute Gasteiger partial charge is 0.482 e. The molecule has 0 unspecified atom stereocenters. The van der Waals surface area contributed by atoms with Gasteiger partial charge in [0.05, 0.1) is 10.6 Å². The van der Waals surface area contributed by atoms with Gasteiger partial charge < -0.3 is 14.5 Å². The highest BCUT2D eigenvalue weighted by Gasteiger charge is 2.10. The van der Waals surface area contributed by atoms with Crippen molar-refractivity contribution < 1.29 is 13.9 Å². The molecule has 1 aromatic heterocycles. The summed E-state index contributed by atoms with van der Waals surface area (Å²) < 4.78 is 10.8. The molecule has 0 aliphatic rings. The molecule has 1 N–H and O–H groups in total. The Balaban J connectivity index is 1.52. The number of fused-ring (bicyclic) bond motifs is 1. The van der Waals surface area contributed by atoms with Gasteiger partial charge in [0, 0.05) is 11.1 Å². The van der Waals surface area contributed by atoms with Crippen LogP contribution in [0.25, 0.3) is 22.1 Å². The Labute approximate surface area is 171 Å². The summed E-state index contributed by atoms with van der Waals surface area (Å²) in [5.41, 5.74) is 1.71. The van der Waals surface area contributed by atoms with Crippen LogP contribution < -0.4 is 15.7 Å². The van der Waals surface area contributed by atoms with Crippen LogP contribution in [0.3, 0.4) is 0 Å². The second-order valence-electron chi connectivity index (χ2n) is 6.33. The van der Waals surface area contributed by atoms with Crippen LogP contribution in [0.2, 0.25) is 5.02 Å². The number of hydrogen-bond acceptors (Lipinski definition) is 4. The number of carbonyl (C=O) groups excluding carboxylic acids is 1. The maximum absolute atomic E-state index is 12.4. The number of amides is 1. The van der Waals surface area contributed by atoms with Gasteiger partial charge in [-0.2, -0.15) is 0 Å².